The van der Waals surface area contributed by atoms with E-state index in [0.717, 1.165) is 42.5 Å². The number of para-hydroxylation sites is 1. The number of hydrogen-bond donors (Lipinski definition) is 3. The van der Waals surface area contributed by atoms with E-state index in [1.165, 1.54) is 17.4 Å². The topological polar surface area (TPSA) is 92.4 Å². The second kappa shape index (κ2) is 11.3. The summed E-state index contributed by atoms with van der Waals surface area (Å²) in [7, 11) is 0. The Morgan fingerprint density at radius 3 is 2.54 bits per heavy atom. The van der Waals surface area contributed by atoms with Crippen molar-refractivity contribution in [2.75, 3.05) is 5.32 Å². The molecule has 0 aliphatic heterocycles. The molecule has 1 aromatic heterocycles. The summed E-state index contributed by atoms with van der Waals surface area (Å²) in [6.07, 6.45) is 3.51. The van der Waals surface area contributed by atoms with Gasteiger partial charge in [0.15, 0.2) is 11.6 Å². The molecule has 3 N–H and O–H groups in total. The van der Waals surface area contributed by atoms with Crippen LogP contribution in [0, 0.1) is 19.7 Å². The third kappa shape index (κ3) is 6.57. The monoisotopic (exact) mass is 496 g/mol. The van der Waals surface area contributed by atoms with Crippen molar-refractivity contribution in [1.29, 1.82) is 0 Å². The van der Waals surface area contributed by atoms with Crippen LogP contribution in [0.3, 0.4) is 0 Å². The van der Waals surface area contributed by atoms with E-state index >= 15 is 0 Å². The zero-order valence-electron chi connectivity index (χ0n) is 19.8. The lowest BCUT2D eigenvalue weighted by Crippen LogP contribution is -2.54. The Morgan fingerprint density at radius 1 is 1.06 bits per heavy atom. The molecule has 3 aromatic rings. The third-order valence-corrected chi connectivity index (χ3v) is 6.96. The number of carbonyl (C=O) groups excluding carboxylic acids is 2. The molecule has 3 amide bonds. The minimum Gasteiger partial charge on any atom is -0.483 e. The number of halogens is 1. The number of urea groups is 1. The van der Waals surface area contributed by atoms with Crippen molar-refractivity contribution in [3.63, 3.8) is 0 Å². The standard InChI is InChI=1S/C26H29FN4O3S/c1-16-11-12-18(13-17(16)2)28-26(33)31-21-9-5-4-8-20(21)30-25(32)22-15-35-24(29-22)14-34-23-10-6-3-7-19(23)27/h3,6-7,10-13,15,20-21H,4-5,8-9,14H2,1-2H3,(H,30,32)(H2,28,31,33)/t20-,21+/m0/s1. The van der Waals surface area contributed by atoms with E-state index in [0.29, 0.717) is 5.01 Å². The van der Waals surface area contributed by atoms with Gasteiger partial charge in [0.1, 0.15) is 17.3 Å². The van der Waals surface area contributed by atoms with E-state index in [4.69, 9.17) is 4.74 Å². The van der Waals surface area contributed by atoms with Crippen molar-refractivity contribution < 1.29 is 18.7 Å². The van der Waals surface area contributed by atoms with E-state index in [9.17, 15) is 14.0 Å². The quantitative estimate of drug-likeness (QED) is 0.412. The van der Waals surface area contributed by atoms with E-state index in [-0.39, 0.29) is 42.1 Å². The van der Waals surface area contributed by atoms with Crippen LogP contribution in [0.4, 0.5) is 14.9 Å². The maximum atomic E-state index is 13.7. The summed E-state index contributed by atoms with van der Waals surface area (Å²) in [4.78, 5) is 29.8. The number of amides is 3. The smallest absolute Gasteiger partial charge is 0.319 e. The van der Waals surface area contributed by atoms with Crippen LogP contribution in [0.15, 0.2) is 47.8 Å². The molecule has 7 nitrogen and oxygen atoms in total. The first-order valence-corrected chi connectivity index (χ1v) is 12.5. The lowest BCUT2D eigenvalue weighted by atomic mass is 9.90. The maximum Gasteiger partial charge on any atom is 0.319 e. The third-order valence-electron chi connectivity index (χ3n) is 6.14. The molecular weight excluding hydrogens is 467 g/mol. The summed E-state index contributed by atoms with van der Waals surface area (Å²) in [5.41, 5.74) is 3.28. The van der Waals surface area contributed by atoms with Crippen LogP contribution in [0.5, 0.6) is 5.75 Å². The highest BCUT2D eigenvalue weighted by molar-refractivity contribution is 7.09. The van der Waals surface area contributed by atoms with Gasteiger partial charge < -0.3 is 20.7 Å². The molecule has 1 fully saturated rings. The molecular formula is C26H29FN4O3S. The van der Waals surface area contributed by atoms with E-state index in [2.05, 4.69) is 20.9 Å². The SMILES string of the molecule is Cc1ccc(NC(=O)N[C@@H]2CCCC[C@@H]2NC(=O)c2csc(COc3ccccc3F)n2)cc1C. The second-order valence-electron chi connectivity index (χ2n) is 8.71. The number of ether oxygens (including phenoxy) is 1. The van der Waals surface area contributed by atoms with Crippen molar-refractivity contribution in [1.82, 2.24) is 15.6 Å². The number of aryl methyl sites for hydroxylation is 2. The molecule has 1 aliphatic rings. The van der Waals surface area contributed by atoms with E-state index < -0.39 is 5.82 Å². The fourth-order valence-corrected chi connectivity index (χ4v) is 4.74. The Hall–Kier alpha value is -3.46. The number of aromatic nitrogens is 1. The molecule has 9 heteroatoms. The van der Waals surface area contributed by atoms with Gasteiger partial charge in [-0.1, -0.05) is 31.0 Å². The first kappa shape index (κ1) is 24.7. The fraction of sp³-hybridized carbons (Fsp3) is 0.346. The molecule has 35 heavy (non-hydrogen) atoms. The summed E-state index contributed by atoms with van der Waals surface area (Å²) >= 11 is 1.28. The lowest BCUT2D eigenvalue weighted by Gasteiger charge is -2.32. The minimum absolute atomic E-state index is 0.0745. The largest absolute Gasteiger partial charge is 0.483 e. The van der Waals surface area contributed by atoms with Gasteiger partial charge in [0.05, 0.1) is 6.04 Å². The van der Waals surface area contributed by atoms with Crippen molar-refractivity contribution in [3.8, 4) is 5.75 Å². The van der Waals surface area contributed by atoms with Crippen molar-refractivity contribution in [3.05, 3.63) is 75.5 Å². The Bertz CT molecular complexity index is 1200. The molecule has 1 aliphatic carbocycles. The zero-order valence-corrected chi connectivity index (χ0v) is 20.6. The Labute approximate surface area is 208 Å². The van der Waals surface area contributed by atoms with Crippen LogP contribution < -0.4 is 20.7 Å². The van der Waals surface area contributed by atoms with Gasteiger partial charge in [-0.05, 0) is 62.1 Å². The molecule has 4 rings (SSSR count). The van der Waals surface area contributed by atoms with Crippen LogP contribution in [0.25, 0.3) is 0 Å². The first-order valence-electron chi connectivity index (χ1n) is 11.7. The molecule has 0 bridgehead atoms. The van der Waals surface area contributed by atoms with Crippen LogP contribution in [-0.4, -0.2) is 29.0 Å². The number of benzene rings is 2. The van der Waals surface area contributed by atoms with E-state index in [1.807, 2.05) is 32.0 Å². The Morgan fingerprint density at radius 2 is 1.80 bits per heavy atom. The Balaban J connectivity index is 1.32. The predicted octanol–water partition coefficient (Wildman–Crippen LogP) is 5.34. The number of anilines is 1. The molecule has 2 aromatic carbocycles. The van der Waals surface area contributed by atoms with Gasteiger partial charge in [0.25, 0.3) is 5.91 Å². The van der Waals surface area contributed by atoms with Gasteiger partial charge >= 0.3 is 6.03 Å². The molecule has 0 radical (unpaired) electrons. The van der Waals surface area contributed by atoms with Crippen LogP contribution in [0.1, 0.15) is 52.3 Å². The Kier molecular flexibility index (Phi) is 7.97. The molecule has 184 valence electrons. The van der Waals surface area contributed by atoms with Gasteiger partial charge in [-0.2, -0.15) is 0 Å². The van der Waals surface area contributed by atoms with E-state index in [1.54, 1.807) is 23.6 Å². The van der Waals surface area contributed by atoms with Crippen molar-refractivity contribution in [2.45, 2.75) is 58.2 Å². The average molecular weight is 497 g/mol. The summed E-state index contributed by atoms with van der Waals surface area (Å²) in [6, 6.07) is 11.3. The second-order valence-corrected chi connectivity index (χ2v) is 9.66. The predicted molar refractivity (Wildman–Crippen MR) is 134 cm³/mol. The summed E-state index contributed by atoms with van der Waals surface area (Å²) < 4.78 is 19.2. The molecule has 0 spiro atoms. The first-order chi connectivity index (χ1) is 16.9. The number of hydrogen-bond acceptors (Lipinski definition) is 5. The molecule has 1 saturated carbocycles. The zero-order chi connectivity index (χ0) is 24.8. The lowest BCUT2D eigenvalue weighted by molar-refractivity contribution is 0.0911. The molecule has 1 heterocycles. The number of nitrogens with one attached hydrogen (secondary N) is 3. The molecule has 0 unspecified atom stereocenters. The number of thiazole rings is 1. The van der Waals surface area contributed by atoms with Gasteiger partial charge in [0, 0.05) is 17.1 Å². The highest BCUT2D eigenvalue weighted by Crippen LogP contribution is 2.21. The van der Waals surface area contributed by atoms with Crippen molar-refractivity contribution in [2.24, 2.45) is 0 Å². The molecule has 2 atom stereocenters. The highest BCUT2D eigenvalue weighted by Gasteiger charge is 2.28. The maximum absolute atomic E-state index is 13.7. The summed E-state index contributed by atoms with van der Waals surface area (Å²) in [5, 5.41) is 11.2. The summed E-state index contributed by atoms with van der Waals surface area (Å²) in [5.74, 6) is -0.602. The van der Waals surface area contributed by atoms with Gasteiger partial charge in [0.2, 0.25) is 0 Å². The van der Waals surface area contributed by atoms with Crippen LogP contribution in [0.2, 0.25) is 0 Å². The van der Waals surface area contributed by atoms with Crippen LogP contribution in [-0.2, 0) is 6.61 Å². The average Bonchev–Trinajstić information content (AvgIpc) is 3.31. The fourth-order valence-electron chi connectivity index (χ4n) is 4.06. The number of rotatable bonds is 7. The van der Waals surface area contributed by atoms with Gasteiger partial charge in [-0.15, -0.1) is 11.3 Å². The number of carbonyl (C=O) groups is 2. The normalized spacial score (nSPS) is 17.5. The minimum atomic E-state index is -0.445. The highest BCUT2D eigenvalue weighted by atomic mass is 32.1. The summed E-state index contributed by atoms with van der Waals surface area (Å²) in [6.45, 7) is 4.10. The van der Waals surface area contributed by atoms with Gasteiger partial charge in [-0.3, -0.25) is 4.79 Å². The van der Waals surface area contributed by atoms with Crippen molar-refractivity contribution >= 4 is 29.0 Å². The van der Waals surface area contributed by atoms with Gasteiger partial charge in [-0.25, -0.2) is 14.2 Å². The molecule has 0 saturated heterocycles. The number of nitrogens with zero attached hydrogens (tertiary/aromatic N) is 1. The van der Waals surface area contributed by atoms with Crippen LogP contribution >= 0.6 is 11.3 Å².